The number of rotatable bonds is 2. The summed E-state index contributed by atoms with van der Waals surface area (Å²) >= 11 is 0. The van der Waals surface area contributed by atoms with E-state index < -0.39 is 5.54 Å². The smallest absolute Gasteiger partial charge is 0.242 e. The summed E-state index contributed by atoms with van der Waals surface area (Å²) in [4.78, 5) is 14.4. The van der Waals surface area contributed by atoms with Crippen molar-refractivity contribution in [1.82, 2.24) is 4.90 Å². The molecule has 1 heterocycles. The lowest BCUT2D eigenvalue weighted by Gasteiger charge is -2.36. The van der Waals surface area contributed by atoms with E-state index in [-0.39, 0.29) is 5.91 Å². The Hall–Kier alpha value is -0.570. The van der Waals surface area contributed by atoms with Crippen LogP contribution in [0.3, 0.4) is 0 Å². The number of likely N-dealkylation sites (tertiary alicyclic amines) is 1. The van der Waals surface area contributed by atoms with Crippen molar-refractivity contribution < 1.29 is 4.79 Å². The number of nitrogens with zero attached hydrogens (tertiary/aromatic N) is 1. The SMILES string of the molecule is CCC(C)(N)C(=O)N1CCC2CCCCC21. The van der Waals surface area contributed by atoms with Crippen LogP contribution in [0.15, 0.2) is 0 Å². The van der Waals surface area contributed by atoms with Crippen LogP contribution in [-0.4, -0.2) is 28.9 Å². The van der Waals surface area contributed by atoms with E-state index in [1.54, 1.807) is 0 Å². The highest BCUT2D eigenvalue weighted by molar-refractivity contribution is 5.86. The fourth-order valence-corrected chi connectivity index (χ4v) is 3.14. The van der Waals surface area contributed by atoms with Crippen LogP contribution >= 0.6 is 0 Å². The standard InChI is InChI=1S/C13H24N2O/c1-3-13(2,14)12(16)15-9-8-10-6-4-5-7-11(10)15/h10-11H,3-9,14H2,1-2H3. The van der Waals surface area contributed by atoms with E-state index in [4.69, 9.17) is 5.73 Å². The molecule has 3 atom stereocenters. The van der Waals surface area contributed by atoms with Gasteiger partial charge in [-0.25, -0.2) is 0 Å². The van der Waals surface area contributed by atoms with Gasteiger partial charge in [0, 0.05) is 12.6 Å². The predicted octanol–water partition coefficient (Wildman–Crippen LogP) is 1.90. The van der Waals surface area contributed by atoms with Gasteiger partial charge < -0.3 is 10.6 Å². The van der Waals surface area contributed by atoms with Crippen molar-refractivity contribution in [1.29, 1.82) is 0 Å². The summed E-state index contributed by atoms with van der Waals surface area (Å²) < 4.78 is 0. The number of hydrogen-bond donors (Lipinski definition) is 1. The van der Waals surface area contributed by atoms with E-state index >= 15 is 0 Å². The minimum absolute atomic E-state index is 0.171. The summed E-state index contributed by atoms with van der Waals surface area (Å²) in [5.74, 6) is 0.926. The third kappa shape index (κ3) is 1.97. The molecule has 0 aromatic heterocycles. The molecule has 1 aliphatic heterocycles. The lowest BCUT2D eigenvalue weighted by molar-refractivity contribution is -0.138. The van der Waals surface area contributed by atoms with Crippen molar-refractivity contribution in [2.45, 2.75) is 64.0 Å². The molecule has 1 amide bonds. The molecule has 0 bridgehead atoms. The molecule has 16 heavy (non-hydrogen) atoms. The molecule has 2 aliphatic rings. The zero-order chi connectivity index (χ0) is 11.8. The maximum absolute atomic E-state index is 12.4. The van der Waals surface area contributed by atoms with E-state index in [0.717, 1.165) is 18.9 Å². The van der Waals surface area contributed by atoms with Crippen LogP contribution in [-0.2, 0) is 4.79 Å². The molecule has 2 fully saturated rings. The van der Waals surface area contributed by atoms with Crippen LogP contribution < -0.4 is 5.73 Å². The second-order valence-corrected chi connectivity index (χ2v) is 5.67. The Morgan fingerprint density at radius 3 is 2.75 bits per heavy atom. The average molecular weight is 224 g/mol. The summed E-state index contributed by atoms with van der Waals surface area (Å²) in [5.41, 5.74) is 5.41. The fourth-order valence-electron chi connectivity index (χ4n) is 3.14. The van der Waals surface area contributed by atoms with E-state index in [2.05, 4.69) is 4.90 Å². The summed E-state index contributed by atoms with van der Waals surface area (Å²) in [6.45, 7) is 4.79. The van der Waals surface area contributed by atoms with E-state index in [1.807, 2.05) is 13.8 Å². The Labute approximate surface area is 98.4 Å². The van der Waals surface area contributed by atoms with Crippen molar-refractivity contribution in [2.24, 2.45) is 11.7 Å². The summed E-state index contributed by atoms with van der Waals surface area (Å²) in [6.07, 6.45) is 7.03. The number of hydrogen-bond acceptors (Lipinski definition) is 2. The summed E-state index contributed by atoms with van der Waals surface area (Å²) in [7, 11) is 0. The molecule has 2 N–H and O–H groups in total. The molecule has 1 saturated carbocycles. The highest BCUT2D eigenvalue weighted by Gasteiger charge is 2.42. The van der Waals surface area contributed by atoms with Crippen LogP contribution in [0.2, 0.25) is 0 Å². The molecular formula is C13H24N2O. The largest absolute Gasteiger partial charge is 0.338 e. The Kier molecular flexibility index (Phi) is 3.24. The van der Waals surface area contributed by atoms with Gasteiger partial charge in [-0.1, -0.05) is 19.8 Å². The number of fused-ring (bicyclic) bond motifs is 1. The second-order valence-electron chi connectivity index (χ2n) is 5.67. The predicted molar refractivity (Wildman–Crippen MR) is 65.0 cm³/mol. The zero-order valence-corrected chi connectivity index (χ0v) is 10.5. The van der Waals surface area contributed by atoms with Gasteiger partial charge in [-0.3, -0.25) is 4.79 Å². The van der Waals surface area contributed by atoms with E-state index in [0.29, 0.717) is 6.04 Å². The molecule has 2 rings (SSSR count). The van der Waals surface area contributed by atoms with Crippen molar-refractivity contribution in [2.75, 3.05) is 6.54 Å². The number of amides is 1. The van der Waals surface area contributed by atoms with E-state index in [1.165, 1.54) is 32.1 Å². The normalized spacial score (nSPS) is 33.3. The first-order chi connectivity index (χ1) is 7.56. The first kappa shape index (κ1) is 11.9. The first-order valence-electron chi connectivity index (χ1n) is 6.66. The maximum Gasteiger partial charge on any atom is 0.242 e. The average Bonchev–Trinajstić information content (AvgIpc) is 2.71. The van der Waals surface area contributed by atoms with Crippen molar-refractivity contribution >= 4 is 5.91 Å². The third-order valence-electron chi connectivity index (χ3n) is 4.49. The minimum atomic E-state index is -0.660. The quantitative estimate of drug-likeness (QED) is 0.778. The summed E-state index contributed by atoms with van der Waals surface area (Å²) in [6, 6.07) is 0.496. The van der Waals surface area contributed by atoms with Gasteiger partial charge in [0.15, 0.2) is 0 Å². The maximum atomic E-state index is 12.4. The number of carbonyl (C=O) groups excluding carboxylic acids is 1. The van der Waals surface area contributed by atoms with Crippen LogP contribution in [0.4, 0.5) is 0 Å². The molecule has 0 radical (unpaired) electrons. The van der Waals surface area contributed by atoms with Gasteiger partial charge in [0.05, 0.1) is 5.54 Å². The van der Waals surface area contributed by atoms with Gasteiger partial charge in [-0.2, -0.15) is 0 Å². The third-order valence-corrected chi connectivity index (χ3v) is 4.49. The van der Waals surface area contributed by atoms with Gasteiger partial charge in [0.2, 0.25) is 5.91 Å². The van der Waals surface area contributed by atoms with Crippen molar-refractivity contribution in [3.63, 3.8) is 0 Å². The van der Waals surface area contributed by atoms with Crippen LogP contribution in [0, 0.1) is 5.92 Å². The van der Waals surface area contributed by atoms with Gasteiger partial charge >= 0.3 is 0 Å². The van der Waals surface area contributed by atoms with Crippen LogP contribution in [0.5, 0.6) is 0 Å². The van der Waals surface area contributed by atoms with Crippen LogP contribution in [0.25, 0.3) is 0 Å². The molecule has 3 heteroatoms. The molecule has 0 spiro atoms. The Morgan fingerprint density at radius 2 is 2.06 bits per heavy atom. The molecule has 0 aromatic rings. The monoisotopic (exact) mass is 224 g/mol. The van der Waals surface area contributed by atoms with Gasteiger partial charge in [0.25, 0.3) is 0 Å². The Morgan fingerprint density at radius 1 is 1.38 bits per heavy atom. The molecule has 1 aliphatic carbocycles. The van der Waals surface area contributed by atoms with Crippen molar-refractivity contribution in [3.05, 3.63) is 0 Å². The molecular weight excluding hydrogens is 200 g/mol. The van der Waals surface area contributed by atoms with Crippen LogP contribution in [0.1, 0.15) is 52.4 Å². The van der Waals surface area contributed by atoms with E-state index in [9.17, 15) is 4.79 Å². The Balaban J connectivity index is 2.07. The highest BCUT2D eigenvalue weighted by Crippen LogP contribution is 2.37. The first-order valence-corrected chi connectivity index (χ1v) is 6.66. The van der Waals surface area contributed by atoms with Crippen molar-refractivity contribution in [3.8, 4) is 0 Å². The molecule has 0 aromatic carbocycles. The summed E-state index contributed by atoms with van der Waals surface area (Å²) in [5, 5.41) is 0. The molecule has 1 saturated heterocycles. The Bertz CT molecular complexity index is 275. The highest BCUT2D eigenvalue weighted by atomic mass is 16.2. The van der Waals surface area contributed by atoms with Gasteiger partial charge in [-0.05, 0) is 38.5 Å². The molecule has 3 unspecified atom stereocenters. The number of carbonyl (C=O) groups is 1. The molecule has 3 nitrogen and oxygen atoms in total. The van der Waals surface area contributed by atoms with Gasteiger partial charge in [-0.15, -0.1) is 0 Å². The lowest BCUT2D eigenvalue weighted by Crippen LogP contribution is -2.54. The fraction of sp³-hybridized carbons (Fsp3) is 0.923. The minimum Gasteiger partial charge on any atom is -0.338 e. The molecule has 92 valence electrons. The second kappa shape index (κ2) is 4.36. The number of nitrogens with two attached hydrogens (primary N) is 1. The van der Waals surface area contributed by atoms with Gasteiger partial charge in [0.1, 0.15) is 0 Å². The lowest BCUT2D eigenvalue weighted by atomic mass is 9.84. The zero-order valence-electron chi connectivity index (χ0n) is 10.5. The topological polar surface area (TPSA) is 46.3 Å².